The Hall–Kier alpha value is -2.50. The lowest BCUT2D eigenvalue weighted by molar-refractivity contribution is -0.143. The summed E-state index contributed by atoms with van der Waals surface area (Å²) >= 11 is 11.8. The molecule has 190 valence electrons. The second-order valence-corrected chi connectivity index (χ2v) is 9.87. The van der Waals surface area contributed by atoms with Gasteiger partial charge in [0.2, 0.25) is 0 Å². The molecular weight excluding hydrogens is 512 g/mol. The van der Waals surface area contributed by atoms with Gasteiger partial charge in [0.1, 0.15) is 11.4 Å². The predicted molar refractivity (Wildman–Crippen MR) is 120 cm³/mol. The van der Waals surface area contributed by atoms with Gasteiger partial charge in [-0.3, -0.25) is 14.3 Å². The number of carbonyl (C=O) groups excluding carboxylic acids is 2. The fourth-order valence-electron chi connectivity index (χ4n) is 4.84. The zero-order valence-corrected chi connectivity index (χ0v) is 20.1. The largest absolute Gasteiger partial charge is 0.484 e. The van der Waals surface area contributed by atoms with E-state index in [1.54, 1.807) is 12.1 Å². The highest BCUT2D eigenvalue weighted by molar-refractivity contribution is 6.42. The van der Waals surface area contributed by atoms with Gasteiger partial charge in [0.15, 0.2) is 12.3 Å². The van der Waals surface area contributed by atoms with E-state index in [0.29, 0.717) is 47.2 Å². The third kappa shape index (κ3) is 5.22. The number of hydrogen-bond donors (Lipinski definition) is 3. The van der Waals surface area contributed by atoms with Crippen molar-refractivity contribution < 1.29 is 32.6 Å². The summed E-state index contributed by atoms with van der Waals surface area (Å²) in [7, 11) is 1.12. The Balaban J connectivity index is 1.36. The van der Waals surface area contributed by atoms with Crippen molar-refractivity contribution in [2.75, 3.05) is 6.61 Å². The van der Waals surface area contributed by atoms with E-state index < -0.39 is 40.9 Å². The molecule has 1 atom stereocenters. The third-order valence-electron chi connectivity index (χ3n) is 6.75. The summed E-state index contributed by atoms with van der Waals surface area (Å²) in [5, 5.41) is 20.8. The van der Waals surface area contributed by atoms with E-state index >= 15 is 0 Å². The number of carbonyl (C=O) groups is 2. The van der Waals surface area contributed by atoms with E-state index in [9.17, 15) is 27.9 Å². The predicted octanol–water partition coefficient (Wildman–Crippen LogP) is 3.49. The van der Waals surface area contributed by atoms with Crippen molar-refractivity contribution >= 4 is 35.0 Å². The summed E-state index contributed by atoms with van der Waals surface area (Å²) in [5.74, 6) is -0.802. The van der Waals surface area contributed by atoms with Gasteiger partial charge in [-0.2, -0.15) is 18.3 Å². The number of nitrogens with zero attached hydrogens (tertiary/aromatic N) is 2. The zero-order valence-electron chi connectivity index (χ0n) is 18.6. The van der Waals surface area contributed by atoms with Gasteiger partial charge in [0.05, 0.1) is 21.7 Å². The minimum atomic E-state index is -4.63. The number of nitrogens with one attached hydrogen (secondary N) is 2. The number of fused-ring (bicyclic) bond motifs is 3. The molecule has 0 aliphatic heterocycles. The summed E-state index contributed by atoms with van der Waals surface area (Å²) < 4.78 is 45.2. The summed E-state index contributed by atoms with van der Waals surface area (Å²) in [6.07, 6.45) is -3.83. The van der Waals surface area contributed by atoms with Crippen LogP contribution in [-0.2, 0) is 18.0 Å². The quantitative estimate of drug-likeness (QED) is 0.526. The molecule has 2 amide bonds. The first-order valence-electron chi connectivity index (χ1n) is 10.8. The van der Waals surface area contributed by atoms with Crippen LogP contribution < -0.4 is 15.4 Å². The SMILES string of the molecule is Cn1nc(C(=O)NC23CCC(NC(=O)COc4ccc(Cl)c(Cl)c4)(CC2)C(O)C3)cc1C(F)(F)F. The van der Waals surface area contributed by atoms with E-state index in [-0.39, 0.29) is 23.7 Å². The van der Waals surface area contributed by atoms with E-state index in [1.165, 1.54) is 6.07 Å². The molecule has 1 aromatic heterocycles. The number of rotatable bonds is 6. The van der Waals surface area contributed by atoms with Gasteiger partial charge in [-0.15, -0.1) is 0 Å². The second kappa shape index (κ2) is 9.18. The van der Waals surface area contributed by atoms with Gasteiger partial charge >= 0.3 is 6.18 Å². The van der Waals surface area contributed by atoms with Crippen LogP contribution in [0.25, 0.3) is 0 Å². The van der Waals surface area contributed by atoms with Crippen LogP contribution in [0.5, 0.6) is 5.75 Å². The molecule has 2 aromatic rings. The Morgan fingerprint density at radius 2 is 1.86 bits per heavy atom. The summed E-state index contributed by atoms with van der Waals surface area (Å²) in [5.41, 5.74) is -3.05. The molecule has 8 nitrogen and oxygen atoms in total. The fraction of sp³-hybridized carbons (Fsp3) is 0.500. The summed E-state index contributed by atoms with van der Waals surface area (Å²) in [6, 6.07) is 5.31. The third-order valence-corrected chi connectivity index (χ3v) is 7.49. The van der Waals surface area contributed by atoms with E-state index in [2.05, 4.69) is 15.7 Å². The average Bonchev–Trinajstić information content (AvgIpc) is 3.18. The maximum atomic E-state index is 13.0. The van der Waals surface area contributed by atoms with Crippen molar-refractivity contribution in [2.24, 2.45) is 7.05 Å². The minimum absolute atomic E-state index is 0.144. The van der Waals surface area contributed by atoms with Gasteiger partial charge in [-0.05, 0) is 44.2 Å². The monoisotopic (exact) mass is 534 g/mol. The molecule has 5 rings (SSSR count). The maximum Gasteiger partial charge on any atom is 0.433 e. The van der Waals surface area contributed by atoms with Crippen LogP contribution in [0.3, 0.4) is 0 Å². The lowest BCUT2D eigenvalue weighted by Crippen LogP contribution is -2.70. The number of aromatic nitrogens is 2. The molecule has 35 heavy (non-hydrogen) atoms. The molecule has 2 bridgehead atoms. The number of aliphatic hydroxyl groups excluding tert-OH is 1. The number of aryl methyl sites for hydroxylation is 1. The summed E-state index contributed by atoms with van der Waals surface area (Å²) in [6.45, 7) is -0.296. The molecule has 13 heteroatoms. The number of alkyl halides is 3. The first-order chi connectivity index (χ1) is 16.3. The number of amides is 2. The fourth-order valence-corrected chi connectivity index (χ4v) is 5.13. The molecule has 3 fully saturated rings. The van der Waals surface area contributed by atoms with Gasteiger partial charge in [-0.25, -0.2) is 0 Å². The van der Waals surface area contributed by atoms with Crippen LogP contribution in [0.1, 0.15) is 48.3 Å². The molecule has 3 N–H and O–H groups in total. The maximum absolute atomic E-state index is 13.0. The number of halogens is 5. The van der Waals surface area contributed by atoms with Crippen molar-refractivity contribution in [1.29, 1.82) is 0 Å². The van der Waals surface area contributed by atoms with Crippen LogP contribution in [0, 0.1) is 0 Å². The molecule has 1 heterocycles. The molecule has 1 aromatic carbocycles. The number of ether oxygens (including phenoxy) is 1. The van der Waals surface area contributed by atoms with Crippen molar-refractivity contribution in [3.63, 3.8) is 0 Å². The molecule has 0 spiro atoms. The highest BCUT2D eigenvalue weighted by Crippen LogP contribution is 2.47. The highest BCUT2D eigenvalue weighted by Gasteiger charge is 2.55. The Morgan fingerprint density at radius 1 is 1.17 bits per heavy atom. The second-order valence-electron chi connectivity index (χ2n) is 9.06. The topological polar surface area (TPSA) is 105 Å². The van der Waals surface area contributed by atoms with Crippen LogP contribution in [0.15, 0.2) is 24.3 Å². The minimum Gasteiger partial charge on any atom is -0.484 e. The van der Waals surface area contributed by atoms with Crippen LogP contribution in [0.4, 0.5) is 13.2 Å². The van der Waals surface area contributed by atoms with Crippen molar-refractivity contribution in [2.45, 2.75) is 55.5 Å². The van der Waals surface area contributed by atoms with Crippen molar-refractivity contribution in [1.82, 2.24) is 20.4 Å². The molecule has 0 radical (unpaired) electrons. The highest BCUT2D eigenvalue weighted by atomic mass is 35.5. The lowest BCUT2D eigenvalue weighted by Gasteiger charge is -2.56. The Bertz CT molecular complexity index is 1150. The Kier molecular flexibility index (Phi) is 6.71. The van der Waals surface area contributed by atoms with Gasteiger partial charge in [0, 0.05) is 24.7 Å². The van der Waals surface area contributed by atoms with E-state index in [4.69, 9.17) is 27.9 Å². The Labute approximate surface area is 208 Å². The number of hydrogen-bond acceptors (Lipinski definition) is 5. The number of aliphatic hydroxyl groups is 1. The zero-order chi connectivity index (χ0) is 25.6. The summed E-state index contributed by atoms with van der Waals surface area (Å²) in [4.78, 5) is 25.2. The first kappa shape index (κ1) is 25.6. The smallest absolute Gasteiger partial charge is 0.433 e. The van der Waals surface area contributed by atoms with Gasteiger partial charge in [0.25, 0.3) is 11.8 Å². The Morgan fingerprint density at radius 3 is 2.43 bits per heavy atom. The van der Waals surface area contributed by atoms with Gasteiger partial charge in [-0.1, -0.05) is 23.2 Å². The average molecular weight is 535 g/mol. The van der Waals surface area contributed by atoms with E-state index in [1.807, 2.05) is 0 Å². The normalized spacial score (nSPS) is 25.9. The van der Waals surface area contributed by atoms with Crippen LogP contribution in [0.2, 0.25) is 10.0 Å². The standard InChI is InChI=1S/C22H23Cl2F3N4O4/c1-31-16(22(25,26)27)9-15(30-31)19(34)29-20-4-6-21(7-5-20,17(32)10-20)28-18(33)11-35-12-2-3-13(23)14(24)8-12/h2-3,8-9,17,32H,4-7,10-11H2,1H3,(H,28,33)(H,29,34). The van der Waals surface area contributed by atoms with Crippen molar-refractivity contribution in [3.8, 4) is 5.75 Å². The molecule has 3 aliphatic carbocycles. The number of benzene rings is 1. The molecule has 3 saturated carbocycles. The lowest BCUT2D eigenvalue weighted by atomic mass is 9.60. The van der Waals surface area contributed by atoms with Gasteiger partial charge < -0.3 is 20.5 Å². The molecule has 0 saturated heterocycles. The van der Waals surface area contributed by atoms with Crippen molar-refractivity contribution in [3.05, 3.63) is 45.7 Å². The van der Waals surface area contributed by atoms with Crippen LogP contribution >= 0.6 is 23.2 Å². The van der Waals surface area contributed by atoms with E-state index in [0.717, 1.165) is 7.05 Å². The molecule has 1 unspecified atom stereocenters. The first-order valence-corrected chi connectivity index (χ1v) is 11.6. The molecular formula is C22H23Cl2F3N4O4. The molecule has 3 aliphatic rings. The van der Waals surface area contributed by atoms with Crippen LogP contribution in [-0.4, -0.2) is 50.5 Å².